The Morgan fingerprint density at radius 3 is 2.89 bits per heavy atom. The highest BCUT2D eigenvalue weighted by molar-refractivity contribution is 7.16. The number of nitrogens with zero attached hydrogens (tertiary/aromatic N) is 1. The first kappa shape index (κ1) is 11.9. The van der Waals surface area contributed by atoms with Crippen molar-refractivity contribution >= 4 is 33.3 Å². The van der Waals surface area contributed by atoms with Gasteiger partial charge in [-0.1, -0.05) is 42.5 Å². The molecule has 1 heterocycles. The van der Waals surface area contributed by atoms with Gasteiger partial charge >= 0.3 is 0 Å². The van der Waals surface area contributed by atoms with E-state index < -0.39 is 0 Å². The van der Waals surface area contributed by atoms with E-state index in [4.69, 9.17) is 0 Å². The normalized spacial score (nSPS) is 11.2. The maximum atomic E-state index is 4.27. The van der Waals surface area contributed by atoms with Crippen LogP contribution >= 0.6 is 11.3 Å². The number of thiazole rings is 1. The summed E-state index contributed by atoms with van der Waals surface area (Å²) >= 11 is 1.67. The molecule has 3 rings (SSSR count). The lowest BCUT2D eigenvalue weighted by atomic mass is 10.2. The molecule has 0 aliphatic heterocycles. The Balaban J connectivity index is 1.61. The van der Waals surface area contributed by atoms with Crippen molar-refractivity contribution in [3.8, 4) is 0 Å². The van der Waals surface area contributed by atoms with Crippen LogP contribution in [0.4, 0.5) is 5.69 Å². The zero-order valence-electron chi connectivity index (χ0n) is 10.4. The Bertz CT molecular complexity index is 686. The van der Waals surface area contributed by atoms with Crippen LogP contribution in [0.15, 0.2) is 60.1 Å². The highest BCUT2D eigenvalue weighted by atomic mass is 32.1. The Labute approximate surface area is 116 Å². The summed E-state index contributed by atoms with van der Waals surface area (Å²) in [6.07, 6.45) is 4.25. The summed E-state index contributed by atoms with van der Waals surface area (Å²) in [6.45, 7) is 0.819. The zero-order chi connectivity index (χ0) is 12.9. The van der Waals surface area contributed by atoms with Crippen molar-refractivity contribution in [2.75, 3.05) is 11.9 Å². The van der Waals surface area contributed by atoms with E-state index in [9.17, 15) is 0 Å². The molecule has 1 N–H and O–H groups in total. The summed E-state index contributed by atoms with van der Waals surface area (Å²) in [5.41, 5.74) is 5.30. The molecule has 0 unspecified atom stereocenters. The lowest BCUT2D eigenvalue weighted by Crippen LogP contribution is -1.97. The lowest BCUT2D eigenvalue weighted by Gasteiger charge is -2.02. The van der Waals surface area contributed by atoms with Crippen molar-refractivity contribution < 1.29 is 0 Å². The quantitative estimate of drug-likeness (QED) is 0.756. The van der Waals surface area contributed by atoms with Crippen LogP contribution in [0.5, 0.6) is 0 Å². The van der Waals surface area contributed by atoms with Crippen LogP contribution in [0, 0.1) is 0 Å². The van der Waals surface area contributed by atoms with Crippen LogP contribution in [0.3, 0.4) is 0 Å². The first-order valence-electron chi connectivity index (χ1n) is 6.20. The molecule has 0 bridgehead atoms. The smallest absolute Gasteiger partial charge is 0.0813 e. The largest absolute Gasteiger partial charge is 0.382 e. The van der Waals surface area contributed by atoms with Crippen molar-refractivity contribution in [3.05, 3.63) is 65.7 Å². The average Bonchev–Trinajstić information content (AvgIpc) is 2.92. The molecule has 94 valence electrons. The zero-order valence-corrected chi connectivity index (χ0v) is 11.2. The minimum atomic E-state index is 0.819. The second-order valence-electron chi connectivity index (χ2n) is 4.23. The highest BCUT2D eigenvalue weighted by Gasteiger charge is 1.97. The van der Waals surface area contributed by atoms with Gasteiger partial charge in [0.1, 0.15) is 0 Å². The molecule has 19 heavy (non-hydrogen) atoms. The second-order valence-corrected chi connectivity index (χ2v) is 5.12. The third-order valence-electron chi connectivity index (χ3n) is 2.87. The van der Waals surface area contributed by atoms with E-state index in [2.05, 4.69) is 52.8 Å². The fraction of sp³-hybridized carbons (Fsp3) is 0.0625. The van der Waals surface area contributed by atoms with Crippen molar-refractivity contribution in [1.29, 1.82) is 0 Å². The fourth-order valence-corrected chi connectivity index (χ4v) is 2.62. The van der Waals surface area contributed by atoms with Gasteiger partial charge in [0.05, 0.1) is 15.7 Å². The Morgan fingerprint density at radius 2 is 2.00 bits per heavy atom. The monoisotopic (exact) mass is 266 g/mol. The first-order valence-corrected chi connectivity index (χ1v) is 7.08. The molecule has 1 aromatic heterocycles. The predicted octanol–water partition coefficient (Wildman–Crippen LogP) is 4.42. The van der Waals surface area contributed by atoms with Crippen LogP contribution < -0.4 is 5.32 Å². The number of anilines is 1. The van der Waals surface area contributed by atoms with Crippen LogP contribution in [-0.2, 0) is 0 Å². The van der Waals surface area contributed by atoms with E-state index in [0.717, 1.165) is 17.7 Å². The summed E-state index contributed by atoms with van der Waals surface area (Å²) in [5, 5.41) is 3.39. The molecule has 2 aromatic carbocycles. The van der Waals surface area contributed by atoms with Gasteiger partial charge in [-0.05, 0) is 23.8 Å². The van der Waals surface area contributed by atoms with Crippen molar-refractivity contribution in [3.63, 3.8) is 0 Å². The Kier molecular flexibility index (Phi) is 3.56. The molecule has 0 amide bonds. The molecule has 0 aliphatic carbocycles. The number of aromatic nitrogens is 1. The number of hydrogen-bond donors (Lipinski definition) is 1. The fourth-order valence-electron chi connectivity index (χ4n) is 1.90. The molecule has 0 aliphatic rings. The number of fused-ring (bicyclic) bond motifs is 1. The van der Waals surface area contributed by atoms with Crippen LogP contribution in [0.2, 0.25) is 0 Å². The predicted molar refractivity (Wildman–Crippen MR) is 83.6 cm³/mol. The van der Waals surface area contributed by atoms with E-state index in [0.29, 0.717) is 0 Å². The van der Waals surface area contributed by atoms with Gasteiger partial charge in [0, 0.05) is 12.2 Å². The molecule has 0 saturated carbocycles. The van der Waals surface area contributed by atoms with E-state index in [1.165, 1.54) is 10.3 Å². The van der Waals surface area contributed by atoms with Gasteiger partial charge in [-0.25, -0.2) is 4.98 Å². The van der Waals surface area contributed by atoms with Gasteiger partial charge in [0.2, 0.25) is 0 Å². The van der Waals surface area contributed by atoms with Gasteiger partial charge < -0.3 is 5.32 Å². The van der Waals surface area contributed by atoms with Crippen LogP contribution in [0.1, 0.15) is 5.56 Å². The highest BCUT2D eigenvalue weighted by Crippen LogP contribution is 2.21. The van der Waals surface area contributed by atoms with Crippen molar-refractivity contribution in [1.82, 2.24) is 4.98 Å². The molecular formula is C16H14N2S. The van der Waals surface area contributed by atoms with Crippen LogP contribution in [0.25, 0.3) is 16.3 Å². The topological polar surface area (TPSA) is 24.9 Å². The number of hydrogen-bond acceptors (Lipinski definition) is 3. The van der Waals surface area contributed by atoms with Gasteiger partial charge in [-0.2, -0.15) is 0 Å². The summed E-state index contributed by atoms with van der Waals surface area (Å²) in [7, 11) is 0. The summed E-state index contributed by atoms with van der Waals surface area (Å²) in [5.74, 6) is 0. The minimum Gasteiger partial charge on any atom is -0.382 e. The van der Waals surface area contributed by atoms with Crippen molar-refractivity contribution in [2.24, 2.45) is 0 Å². The standard InChI is InChI=1S/C16H14N2S/c1-2-5-13(6-3-1)7-4-10-17-14-8-9-15-16(11-14)19-12-18-15/h1-9,11-12,17H,10H2. The van der Waals surface area contributed by atoms with Crippen molar-refractivity contribution in [2.45, 2.75) is 0 Å². The number of benzene rings is 2. The SMILES string of the molecule is C(=Cc1ccccc1)CNc1ccc2ncsc2c1. The molecule has 3 heteroatoms. The molecule has 3 aromatic rings. The third-order valence-corrected chi connectivity index (χ3v) is 3.66. The molecule has 0 radical (unpaired) electrons. The summed E-state index contributed by atoms with van der Waals surface area (Å²) in [4.78, 5) is 4.27. The van der Waals surface area contributed by atoms with Gasteiger partial charge in [0.25, 0.3) is 0 Å². The molecule has 0 saturated heterocycles. The maximum Gasteiger partial charge on any atom is 0.0813 e. The second kappa shape index (κ2) is 5.67. The average molecular weight is 266 g/mol. The molecule has 0 spiro atoms. The molecular weight excluding hydrogens is 252 g/mol. The minimum absolute atomic E-state index is 0.819. The van der Waals surface area contributed by atoms with Crippen LogP contribution in [-0.4, -0.2) is 11.5 Å². The lowest BCUT2D eigenvalue weighted by molar-refractivity contribution is 1.35. The summed E-state index contributed by atoms with van der Waals surface area (Å²) in [6, 6.07) is 16.6. The number of rotatable bonds is 4. The van der Waals surface area contributed by atoms with E-state index >= 15 is 0 Å². The molecule has 0 atom stereocenters. The van der Waals surface area contributed by atoms with Gasteiger partial charge in [-0.15, -0.1) is 11.3 Å². The molecule has 2 nitrogen and oxygen atoms in total. The summed E-state index contributed by atoms with van der Waals surface area (Å²) < 4.78 is 1.22. The number of nitrogens with one attached hydrogen (secondary N) is 1. The molecule has 0 fully saturated rings. The van der Waals surface area contributed by atoms with E-state index in [1.807, 2.05) is 23.7 Å². The van der Waals surface area contributed by atoms with Gasteiger partial charge in [0.15, 0.2) is 0 Å². The Hall–Kier alpha value is -2.13. The maximum absolute atomic E-state index is 4.27. The van der Waals surface area contributed by atoms with E-state index in [-0.39, 0.29) is 0 Å². The first-order chi connectivity index (χ1) is 9.42. The van der Waals surface area contributed by atoms with E-state index in [1.54, 1.807) is 11.3 Å². The Morgan fingerprint density at radius 1 is 1.11 bits per heavy atom. The third kappa shape index (κ3) is 3.01. The van der Waals surface area contributed by atoms with Gasteiger partial charge in [-0.3, -0.25) is 0 Å².